The Hall–Kier alpha value is -2.35. The number of hydrogen-bond acceptors (Lipinski definition) is 7. The maximum absolute atomic E-state index is 13.4. The summed E-state index contributed by atoms with van der Waals surface area (Å²) in [6, 6.07) is 3.02. The van der Waals surface area contributed by atoms with E-state index in [9.17, 15) is 9.59 Å². The molecule has 2 heterocycles. The fourth-order valence-electron chi connectivity index (χ4n) is 4.98. The van der Waals surface area contributed by atoms with E-state index in [0.717, 1.165) is 37.4 Å². The molecule has 0 radical (unpaired) electrons. The van der Waals surface area contributed by atoms with Crippen LogP contribution in [0.25, 0.3) is 0 Å². The van der Waals surface area contributed by atoms with Crippen molar-refractivity contribution in [2.24, 2.45) is 11.8 Å². The highest BCUT2D eigenvalue weighted by atomic mass is 16.8. The van der Waals surface area contributed by atoms with Gasteiger partial charge in [0.15, 0.2) is 5.60 Å². The highest BCUT2D eigenvalue weighted by Crippen LogP contribution is 2.39. The SMILES string of the molecule is CC(C)C[C@H](NC(=O)OC(C)(C)C)[C@@]1(Cc2cc(O[C@H]3CC[C@H](C)CC3)ccn2)OC(C)(C)OC1=O. The Balaban J connectivity index is 1.88. The molecule has 1 saturated heterocycles. The zero-order valence-corrected chi connectivity index (χ0v) is 23.2. The lowest BCUT2D eigenvalue weighted by Crippen LogP contribution is -2.59. The topological polar surface area (TPSA) is 96.0 Å². The third kappa shape index (κ3) is 7.58. The van der Waals surface area contributed by atoms with Crippen molar-refractivity contribution in [2.75, 3.05) is 0 Å². The Kier molecular flexibility index (Phi) is 8.59. The fourth-order valence-corrected chi connectivity index (χ4v) is 4.98. The second-order valence-corrected chi connectivity index (χ2v) is 12.3. The first kappa shape index (κ1) is 28.2. The van der Waals surface area contributed by atoms with E-state index in [1.165, 1.54) is 0 Å². The number of carbonyl (C=O) groups is 2. The molecule has 1 aliphatic carbocycles. The van der Waals surface area contributed by atoms with E-state index in [1.54, 1.807) is 40.8 Å². The number of alkyl carbamates (subject to hydrolysis) is 1. The predicted molar refractivity (Wildman–Crippen MR) is 137 cm³/mol. The van der Waals surface area contributed by atoms with Crippen molar-refractivity contribution in [3.05, 3.63) is 24.0 Å². The molecule has 0 aromatic carbocycles. The molecule has 36 heavy (non-hydrogen) atoms. The Bertz CT molecular complexity index is 917. The van der Waals surface area contributed by atoms with Crippen molar-refractivity contribution in [1.82, 2.24) is 10.3 Å². The van der Waals surface area contributed by atoms with Gasteiger partial charge in [0.2, 0.25) is 5.79 Å². The molecule has 1 aliphatic heterocycles. The third-order valence-corrected chi connectivity index (χ3v) is 6.57. The van der Waals surface area contributed by atoms with Gasteiger partial charge >= 0.3 is 12.1 Å². The zero-order chi connectivity index (χ0) is 26.7. The van der Waals surface area contributed by atoms with Gasteiger partial charge in [-0.1, -0.05) is 20.8 Å². The highest BCUT2D eigenvalue weighted by molar-refractivity contribution is 5.84. The van der Waals surface area contributed by atoms with Crippen LogP contribution in [0.3, 0.4) is 0 Å². The number of amides is 1. The largest absolute Gasteiger partial charge is 0.490 e. The second-order valence-electron chi connectivity index (χ2n) is 12.3. The Labute approximate surface area is 215 Å². The summed E-state index contributed by atoms with van der Waals surface area (Å²) in [5.41, 5.74) is -1.51. The van der Waals surface area contributed by atoms with Crippen LogP contribution in [0.2, 0.25) is 0 Å². The normalized spacial score (nSPS) is 26.9. The van der Waals surface area contributed by atoms with Crippen LogP contribution in [0, 0.1) is 11.8 Å². The van der Waals surface area contributed by atoms with Crippen molar-refractivity contribution in [1.29, 1.82) is 0 Å². The Morgan fingerprint density at radius 2 is 1.89 bits per heavy atom. The van der Waals surface area contributed by atoms with Gasteiger partial charge in [0.25, 0.3) is 0 Å². The summed E-state index contributed by atoms with van der Waals surface area (Å²) < 4.78 is 23.7. The van der Waals surface area contributed by atoms with Crippen LogP contribution in [0.1, 0.15) is 93.2 Å². The first-order valence-corrected chi connectivity index (χ1v) is 13.2. The van der Waals surface area contributed by atoms with Crippen LogP contribution >= 0.6 is 0 Å². The second kappa shape index (κ2) is 11.0. The number of nitrogens with one attached hydrogen (secondary N) is 1. The van der Waals surface area contributed by atoms with Gasteiger partial charge < -0.3 is 24.3 Å². The van der Waals surface area contributed by atoms with Crippen LogP contribution < -0.4 is 10.1 Å². The standard InChI is InChI=1S/C28H44N2O6/c1-18(2)15-23(30-25(32)35-26(4,5)6)28(24(31)34-27(7,8)36-28)17-20-16-22(13-14-29-20)33-21-11-9-19(3)10-12-21/h13-14,16,18-19,21,23H,9-12,15,17H2,1-8H3,(H,30,32)/t19-,21-,23-,28+/m0/s1. The van der Waals surface area contributed by atoms with Crippen LogP contribution in [0.4, 0.5) is 4.79 Å². The van der Waals surface area contributed by atoms with Gasteiger partial charge in [-0.05, 0) is 70.8 Å². The summed E-state index contributed by atoms with van der Waals surface area (Å²) in [7, 11) is 0. The quantitative estimate of drug-likeness (QED) is 0.462. The van der Waals surface area contributed by atoms with Crippen LogP contribution in [-0.2, 0) is 25.4 Å². The smallest absolute Gasteiger partial charge is 0.407 e. The molecular weight excluding hydrogens is 460 g/mol. The van der Waals surface area contributed by atoms with Crippen molar-refractivity contribution in [2.45, 2.75) is 123 Å². The molecular formula is C28H44N2O6. The van der Waals surface area contributed by atoms with Gasteiger partial charge in [-0.25, -0.2) is 9.59 Å². The Morgan fingerprint density at radius 3 is 2.44 bits per heavy atom. The lowest BCUT2D eigenvalue weighted by Gasteiger charge is -2.36. The molecule has 2 fully saturated rings. The van der Waals surface area contributed by atoms with Gasteiger partial charge in [0, 0.05) is 38.2 Å². The number of esters is 1. The van der Waals surface area contributed by atoms with E-state index in [4.69, 9.17) is 18.9 Å². The molecule has 1 amide bonds. The maximum Gasteiger partial charge on any atom is 0.407 e. The molecule has 2 aliphatic rings. The van der Waals surface area contributed by atoms with Crippen molar-refractivity contribution >= 4 is 12.1 Å². The van der Waals surface area contributed by atoms with E-state index in [1.807, 2.05) is 26.0 Å². The maximum atomic E-state index is 13.4. The van der Waals surface area contributed by atoms with Gasteiger partial charge in [-0.2, -0.15) is 0 Å². The summed E-state index contributed by atoms with van der Waals surface area (Å²) in [5, 5.41) is 2.91. The molecule has 1 saturated carbocycles. The minimum Gasteiger partial charge on any atom is -0.490 e. The number of aromatic nitrogens is 1. The van der Waals surface area contributed by atoms with E-state index < -0.39 is 35.1 Å². The molecule has 0 spiro atoms. The first-order chi connectivity index (χ1) is 16.7. The van der Waals surface area contributed by atoms with Gasteiger partial charge in [0.05, 0.1) is 12.1 Å². The van der Waals surface area contributed by atoms with Gasteiger partial charge in [-0.3, -0.25) is 4.98 Å². The van der Waals surface area contributed by atoms with Crippen molar-refractivity contribution in [3.8, 4) is 5.75 Å². The number of pyridine rings is 1. The number of hydrogen-bond donors (Lipinski definition) is 1. The van der Waals surface area contributed by atoms with Crippen LogP contribution in [0.15, 0.2) is 18.3 Å². The molecule has 1 aromatic rings. The summed E-state index contributed by atoms with van der Waals surface area (Å²) in [4.78, 5) is 30.8. The molecule has 0 unspecified atom stereocenters. The molecule has 2 atom stereocenters. The number of ether oxygens (including phenoxy) is 4. The summed E-state index contributed by atoms with van der Waals surface area (Å²) in [5.74, 6) is -0.0425. The summed E-state index contributed by atoms with van der Waals surface area (Å²) >= 11 is 0. The van der Waals surface area contributed by atoms with E-state index in [2.05, 4.69) is 17.2 Å². The predicted octanol–water partition coefficient (Wildman–Crippen LogP) is 5.57. The van der Waals surface area contributed by atoms with E-state index in [-0.39, 0.29) is 18.4 Å². The fraction of sp³-hybridized carbons (Fsp3) is 0.750. The monoisotopic (exact) mass is 504 g/mol. The molecule has 1 aromatic heterocycles. The number of carbonyl (C=O) groups excluding carboxylic acids is 2. The van der Waals surface area contributed by atoms with Gasteiger partial charge in [0.1, 0.15) is 11.4 Å². The Morgan fingerprint density at radius 1 is 1.22 bits per heavy atom. The molecule has 8 nitrogen and oxygen atoms in total. The molecule has 0 bridgehead atoms. The first-order valence-electron chi connectivity index (χ1n) is 13.2. The minimum atomic E-state index is -1.46. The molecule has 202 valence electrons. The zero-order valence-electron chi connectivity index (χ0n) is 23.2. The van der Waals surface area contributed by atoms with Crippen molar-refractivity contribution < 1.29 is 28.5 Å². The van der Waals surface area contributed by atoms with Crippen LogP contribution in [0.5, 0.6) is 5.75 Å². The number of cyclic esters (lactones) is 1. The van der Waals surface area contributed by atoms with Crippen molar-refractivity contribution in [3.63, 3.8) is 0 Å². The summed E-state index contributed by atoms with van der Waals surface area (Å²) in [6.07, 6.45) is 6.26. The summed E-state index contributed by atoms with van der Waals surface area (Å²) in [6.45, 7) is 15.1. The molecule has 8 heteroatoms. The lowest BCUT2D eigenvalue weighted by atomic mass is 9.84. The number of nitrogens with zero attached hydrogens (tertiary/aromatic N) is 1. The lowest BCUT2D eigenvalue weighted by molar-refractivity contribution is -0.170. The van der Waals surface area contributed by atoms with Crippen LogP contribution in [-0.4, -0.2) is 46.2 Å². The third-order valence-electron chi connectivity index (χ3n) is 6.57. The van der Waals surface area contributed by atoms with E-state index >= 15 is 0 Å². The highest BCUT2D eigenvalue weighted by Gasteiger charge is 2.59. The molecule has 3 rings (SSSR count). The van der Waals surface area contributed by atoms with E-state index in [0.29, 0.717) is 12.1 Å². The average Bonchev–Trinajstić information content (AvgIpc) is 2.96. The minimum absolute atomic E-state index is 0.126. The average molecular weight is 505 g/mol. The number of rotatable bonds is 8. The molecule has 1 N–H and O–H groups in total. The van der Waals surface area contributed by atoms with Gasteiger partial charge in [-0.15, -0.1) is 0 Å².